The highest BCUT2D eigenvalue weighted by atomic mass is 19.1. The molecule has 0 heterocycles. The molecule has 2 N–H and O–H groups in total. The minimum Gasteiger partial charge on any atom is -0.395 e. The first kappa shape index (κ1) is 16.9. The van der Waals surface area contributed by atoms with Crippen LogP contribution < -0.4 is 10.2 Å². The Kier molecular flexibility index (Phi) is 7.51. The van der Waals surface area contributed by atoms with E-state index in [0.717, 1.165) is 5.69 Å². The Morgan fingerprint density at radius 3 is 2.75 bits per heavy atom. The number of benzene rings is 1. The maximum absolute atomic E-state index is 14.1. The summed E-state index contributed by atoms with van der Waals surface area (Å²) in [6.45, 7) is 6.31. The molecule has 0 saturated heterocycles. The zero-order valence-electron chi connectivity index (χ0n) is 12.5. The van der Waals surface area contributed by atoms with E-state index in [1.54, 1.807) is 13.2 Å². The van der Waals surface area contributed by atoms with Crippen molar-refractivity contribution in [2.45, 2.75) is 26.4 Å². The minimum absolute atomic E-state index is 0.0469. The molecule has 0 unspecified atom stereocenters. The lowest BCUT2D eigenvalue weighted by Gasteiger charge is -2.30. The van der Waals surface area contributed by atoms with Gasteiger partial charge in [-0.15, -0.1) is 0 Å². The molecule has 1 aromatic carbocycles. The third-order valence-electron chi connectivity index (χ3n) is 3.15. The second kappa shape index (κ2) is 8.89. The van der Waals surface area contributed by atoms with Crippen molar-refractivity contribution in [1.29, 1.82) is 0 Å². The van der Waals surface area contributed by atoms with Crippen LogP contribution in [0.25, 0.3) is 0 Å². The maximum Gasteiger partial charge on any atom is 0.129 e. The van der Waals surface area contributed by atoms with Crippen LogP contribution in [-0.2, 0) is 11.3 Å². The summed E-state index contributed by atoms with van der Waals surface area (Å²) in [5.41, 5.74) is 1.46. The van der Waals surface area contributed by atoms with E-state index >= 15 is 0 Å². The van der Waals surface area contributed by atoms with Gasteiger partial charge in [0.05, 0.1) is 13.2 Å². The number of hydrogen-bond donors (Lipinski definition) is 2. The number of nitrogens with zero attached hydrogens (tertiary/aromatic N) is 1. The zero-order valence-corrected chi connectivity index (χ0v) is 12.5. The van der Waals surface area contributed by atoms with Crippen molar-refractivity contribution in [3.8, 4) is 0 Å². The average Bonchev–Trinajstić information content (AvgIpc) is 2.42. The summed E-state index contributed by atoms with van der Waals surface area (Å²) < 4.78 is 19.0. The number of anilines is 1. The van der Waals surface area contributed by atoms with Crippen LogP contribution in [-0.4, -0.2) is 44.6 Å². The first-order chi connectivity index (χ1) is 9.61. The Balaban J connectivity index is 2.90. The predicted molar refractivity (Wildman–Crippen MR) is 79.6 cm³/mol. The van der Waals surface area contributed by atoms with Crippen LogP contribution in [0.3, 0.4) is 0 Å². The lowest BCUT2D eigenvalue weighted by Crippen LogP contribution is -2.35. The molecule has 0 fully saturated rings. The van der Waals surface area contributed by atoms with Crippen LogP contribution in [0, 0.1) is 5.82 Å². The maximum atomic E-state index is 14.1. The van der Waals surface area contributed by atoms with Crippen LogP contribution in [0.5, 0.6) is 0 Å². The Morgan fingerprint density at radius 2 is 2.15 bits per heavy atom. The van der Waals surface area contributed by atoms with Crippen molar-refractivity contribution in [3.63, 3.8) is 0 Å². The summed E-state index contributed by atoms with van der Waals surface area (Å²) >= 11 is 0. The number of halogens is 1. The van der Waals surface area contributed by atoms with Crippen molar-refractivity contribution in [1.82, 2.24) is 5.32 Å². The Morgan fingerprint density at radius 1 is 1.40 bits per heavy atom. The number of methoxy groups -OCH3 is 1. The summed E-state index contributed by atoms with van der Waals surface area (Å²) in [4.78, 5) is 2.01. The molecule has 0 aliphatic rings. The van der Waals surface area contributed by atoms with E-state index in [2.05, 4.69) is 5.32 Å². The molecule has 0 saturated carbocycles. The smallest absolute Gasteiger partial charge is 0.129 e. The van der Waals surface area contributed by atoms with Gasteiger partial charge < -0.3 is 20.1 Å². The van der Waals surface area contributed by atoms with Gasteiger partial charge in [0, 0.05) is 44.0 Å². The number of hydrogen-bond acceptors (Lipinski definition) is 4. The van der Waals surface area contributed by atoms with Crippen LogP contribution in [0.2, 0.25) is 0 Å². The Bertz CT molecular complexity index is 399. The molecule has 0 aliphatic heterocycles. The standard InChI is InChI=1S/C15H25FN2O2/c1-12(2)18(8-9-19)15-6-4-5-14(16)13(15)11-17-7-10-20-3/h4-6,12,17,19H,7-11H2,1-3H3. The van der Waals surface area contributed by atoms with Crippen molar-refractivity contribution < 1.29 is 14.2 Å². The summed E-state index contributed by atoms with van der Waals surface area (Å²) in [6.07, 6.45) is 0. The molecule has 0 aliphatic carbocycles. The molecular weight excluding hydrogens is 259 g/mol. The molecule has 0 radical (unpaired) electrons. The molecule has 0 spiro atoms. The van der Waals surface area contributed by atoms with Gasteiger partial charge >= 0.3 is 0 Å². The van der Waals surface area contributed by atoms with Crippen molar-refractivity contribution in [2.75, 3.05) is 38.3 Å². The number of ether oxygens (including phenoxy) is 1. The fourth-order valence-corrected chi connectivity index (χ4v) is 2.14. The van der Waals surface area contributed by atoms with Gasteiger partial charge in [0.25, 0.3) is 0 Å². The van der Waals surface area contributed by atoms with Gasteiger partial charge in [0.2, 0.25) is 0 Å². The summed E-state index contributed by atoms with van der Waals surface area (Å²) in [5, 5.41) is 12.4. The van der Waals surface area contributed by atoms with E-state index in [-0.39, 0.29) is 18.5 Å². The zero-order chi connectivity index (χ0) is 15.0. The van der Waals surface area contributed by atoms with Crippen LogP contribution in [0.4, 0.5) is 10.1 Å². The first-order valence-corrected chi connectivity index (χ1v) is 6.96. The van der Waals surface area contributed by atoms with Gasteiger partial charge in [-0.05, 0) is 26.0 Å². The van der Waals surface area contributed by atoms with E-state index in [0.29, 0.717) is 31.8 Å². The molecule has 20 heavy (non-hydrogen) atoms. The largest absolute Gasteiger partial charge is 0.395 e. The van der Waals surface area contributed by atoms with E-state index in [4.69, 9.17) is 4.74 Å². The first-order valence-electron chi connectivity index (χ1n) is 6.96. The fourth-order valence-electron chi connectivity index (χ4n) is 2.14. The van der Waals surface area contributed by atoms with Gasteiger partial charge in [-0.3, -0.25) is 0 Å². The lowest BCUT2D eigenvalue weighted by atomic mass is 10.1. The monoisotopic (exact) mass is 284 g/mol. The molecular formula is C15H25FN2O2. The SMILES string of the molecule is COCCNCc1c(F)cccc1N(CCO)C(C)C. The van der Waals surface area contributed by atoms with Crippen molar-refractivity contribution >= 4 is 5.69 Å². The topological polar surface area (TPSA) is 44.7 Å². The third kappa shape index (κ3) is 4.74. The van der Waals surface area contributed by atoms with Crippen molar-refractivity contribution in [3.05, 3.63) is 29.6 Å². The molecule has 5 heteroatoms. The molecule has 0 amide bonds. The van der Waals surface area contributed by atoms with Gasteiger partial charge in [0.15, 0.2) is 0 Å². The average molecular weight is 284 g/mol. The van der Waals surface area contributed by atoms with Gasteiger partial charge in [-0.25, -0.2) is 4.39 Å². The summed E-state index contributed by atoms with van der Waals surface area (Å²) in [7, 11) is 1.64. The Hall–Kier alpha value is -1.17. The van der Waals surface area contributed by atoms with Gasteiger partial charge in [-0.1, -0.05) is 6.07 Å². The lowest BCUT2D eigenvalue weighted by molar-refractivity contribution is 0.199. The second-order valence-electron chi connectivity index (χ2n) is 4.92. The van der Waals surface area contributed by atoms with E-state index in [1.807, 2.05) is 24.8 Å². The van der Waals surface area contributed by atoms with Crippen molar-refractivity contribution in [2.24, 2.45) is 0 Å². The number of aliphatic hydroxyl groups is 1. The molecule has 0 aromatic heterocycles. The number of aliphatic hydroxyl groups excluding tert-OH is 1. The van der Waals surface area contributed by atoms with E-state index < -0.39 is 0 Å². The molecule has 1 aromatic rings. The second-order valence-corrected chi connectivity index (χ2v) is 4.92. The van der Waals surface area contributed by atoms with Crippen LogP contribution in [0.1, 0.15) is 19.4 Å². The highest BCUT2D eigenvalue weighted by Crippen LogP contribution is 2.24. The fraction of sp³-hybridized carbons (Fsp3) is 0.600. The van der Waals surface area contributed by atoms with E-state index in [9.17, 15) is 9.50 Å². The highest BCUT2D eigenvalue weighted by molar-refractivity contribution is 5.55. The number of nitrogens with one attached hydrogen (secondary N) is 1. The quantitative estimate of drug-likeness (QED) is 0.678. The third-order valence-corrected chi connectivity index (χ3v) is 3.15. The predicted octanol–water partition coefficient (Wildman–Crippen LogP) is 1.77. The van der Waals surface area contributed by atoms with Gasteiger partial charge in [-0.2, -0.15) is 0 Å². The molecule has 114 valence electrons. The minimum atomic E-state index is -0.226. The Labute approximate surface area is 120 Å². The normalized spacial score (nSPS) is 11.1. The number of rotatable bonds is 9. The summed E-state index contributed by atoms with van der Waals surface area (Å²) in [5.74, 6) is -0.226. The molecule has 1 rings (SSSR count). The molecule has 0 bridgehead atoms. The van der Waals surface area contributed by atoms with Crippen LogP contribution >= 0.6 is 0 Å². The van der Waals surface area contributed by atoms with E-state index in [1.165, 1.54) is 6.07 Å². The molecule has 4 nitrogen and oxygen atoms in total. The highest BCUT2D eigenvalue weighted by Gasteiger charge is 2.16. The van der Waals surface area contributed by atoms with Crippen LogP contribution in [0.15, 0.2) is 18.2 Å². The van der Waals surface area contributed by atoms with Gasteiger partial charge in [0.1, 0.15) is 5.82 Å². The molecule has 0 atom stereocenters. The summed E-state index contributed by atoms with van der Waals surface area (Å²) in [6, 6.07) is 5.26.